The standard InChI is InChI=1S/C14H23NO/c1-4-6-7-8-12(3)14-10-9-13(11-15-14)16-5-2/h9-12H,4-8H2,1-3H3. The first kappa shape index (κ1) is 13.0. The summed E-state index contributed by atoms with van der Waals surface area (Å²) in [5, 5.41) is 0. The minimum absolute atomic E-state index is 0.558. The second-order valence-corrected chi connectivity index (χ2v) is 4.25. The quantitative estimate of drug-likeness (QED) is 0.645. The minimum Gasteiger partial charge on any atom is -0.492 e. The van der Waals surface area contributed by atoms with Crippen LogP contribution in [0.4, 0.5) is 0 Å². The molecule has 1 aromatic rings. The van der Waals surface area contributed by atoms with E-state index in [2.05, 4.69) is 24.9 Å². The van der Waals surface area contributed by atoms with Gasteiger partial charge in [0.2, 0.25) is 0 Å². The van der Waals surface area contributed by atoms with Crippen molar-refractivity contribution in [3.8, 4) is 5.75 Å². The predicted octanol–water partition coefficient (Wildman–Crippen LogP) is 4.16. The highest BCUT2D eigenvalue weighted by atomic mass is 16.5. The number of rotatable bonds is 7. The van der Waals surface area contributed by atoms with Crippen LogP contribution in [0.3, 0.4) is 0 Å². The lowest BCUT2D eigenvalue weighted by molar-refractivity contribution is 0.338. The van der Waals surface area contributed by atoms with Gasteiger partial charge in [0.15, 0.2) is 0 Å². The molecule has 0 aliphatic carbocycles. The predicted molar refractivity (Wildman–Crippen MR) is 68.0 cm³/mol. The minimum atomic E-state index is 0.558. The lowest BCUT2D eigenvalue weighted by atomic mass is 9.99. The molecule has 0 radical (unpaired) electrons. The Labute approximate surface area is 99.0 Å². The number of aromatic nitrogens is 1. The molecule has 0 spiro atoms. The summed E-state index contributed by atoms with van der Waals surface area (Å²) in [6.07, 6.45) is 6.96. The van der Waals surface area contributed by atoms with Crippen LogP contribution in [0.15, 0.2) is 18.3 Å². The van der Waals surface area contributed by atoms with Crippen molar-refractivity contribution < 1.29 is 4.74 Å². The second-order valence-electron chi connectivity index (χ2n) is 4.25. The van der Waals surface area contributed by atoms with Gasteiger partial charge in [0.1, 0.15) is 5.75 Å². The van der Waals surface area contributed by atoms with Crippen molar-refractivity contribution in [2.24, 2.45) is 0 Å². The van der Waals surface area contributed by atoms with E-state index in [0.717, 1.165) is 5.75 Å². The summed E-state index contributed by atoms with van der Waals surface area (Å²) >= 11 is 0. The fraction of sp³-hybridized carbons (Fsp3) is 0.643. The maximum absolute atomic E-state index is 5.38. The number of unbranched alkanes of at least 4 members (excludes halogenated alkanes) is 2. The van der Waals surface area contributed by atoms with Crippen molar-refractivity contribution in [3.63, 3.8) is 0 Å². The Hall–Kier alpha value is -1.05. The number of nitrogens with zero attached hydrogens (tertiary/aromatic N) is 1. The summed E-state index contributed by atoms with van der Waals surface area (Å²) in [6.45, 7) is 7.17. The Balaban J connectivity index is 2.46. The van der Waals surface area contributed by atoms with Gasteiger partial charge in [-0.2, -0.15) is 0 Å². The number of hydrogen-bond donors (Lipinski definition) is 0. The van der Waals surface area contributed by atoms with E-state index in [4.69, 9.17) is 4.74 Å². The molecule has 0 saturated carbocycles. The maximum Gasteiger partial charge on any atom is 0.137 e. The molecule has 1 unspecified atom stereocenters. The van der Waals surface area contributed by atoms with Crippen LogP contribution in [0.1, 0.15) is 58.1 Å². The molecule has 1 aromatic heterocycles. The van der Waals surface area contributed by atoms with Crippen LogP contribution in [0, 0.1) is 0 Å². The Kier molecular flexibility index (Phi) is 5.91. The lowest BCUT2D eigenvalue weighted by Crippen LogP contribution is -1.98. The monoisotopic (exact) mass is 221 g/mol. The van der Waals surface area contributed by atoms with E-state index >= 15 is 0 Å². The van der Waals surface area contributed by atoms with Crippen LogP contribution in [0.5, 0.6) is 5.75 Å². The fourth-order valence-corrected chi connectivity index (χ4v) is 1.78. The molecule has 16 heavy (non-hydrogen) atoms. The Morgan fingerprint density at radius 1 is 1.25 bits per heavy atom. The molecular weight excluding hydrogens is 198 g/mol. The highest BCUT2D eigenvalue weighted by Crippen LogP contribution is 2.21. The van der Waals surface area contributed by atoms with E-state index in [1.807, 2.05) is 19.2 Å². The Bertz CT molecular complexity index is 281. The summed E-state index contributed by atoms with van der Waals surface area (Å²) in [4.78, 5) is 4.45. The van der Waals surface area contributed by atoms with Gasteiger partial charge in [-0.1, -0.05) is 33.1 Å². The maximum atomic E-state index is 5.38. The third kappa shape index (κ3) is 4.21. The van der Waals surface area contributed by atoms with Crippen molar-refractivity contribution in [1.82, 2.24) is 4.98 Å². The van der Waals surface area contributed by atoms with Gasteiger partial charge in [-0.05, 0) is 31.4 Å². The average molecular weight is 221 g/mol. The molecule has 0 aromatic carbocycles. The molecule has 0 N–H and O–H groups in total. The van der Waals surface area contributed by atoms with Gasteiger partial charge < -0.3 is 4.74 Å². The van der Waals surface area contributed by atoms with Crippen molar-refractivity contribution >= 4 is 0 Å². The molecule has 2 heteroatoms. The molecule has 0 aliphatic heterocycles. The van der Waals surface area contributed by atoms with Crippen LogP contribution >= 0.6 is 0 Å². The molecule has 0 aliphatic rings. The topological polar surface area (TPSA) is 22.1 Å². The molecular formula is C14H23NO. The average Bonchev–Trinajstić information content (AvgIpc) is 2.30. The molecule has 1 atom stereocenters. The van der Waals surface area contributed by atoms with E-state index in [1.165, 1.54) is 31.4 Å². The van der Waals surface area contributed by atoms with Gasteiger partial charge >= 0.3 is 0 Å². The number of pyridine rings is 1. The summed E-state index contributed by atoms with van der Waals surface area (Å²) in [5.74, 6) is 1.43. The zero-order valence-corrected chi connectivity index (χ0v) is 10.7. The van der Waals surface area contributed by atoms with Crippen LogP contribution in [-0.4, -0.2) is 11.6 Å². The first-order valence-electron chi connectivity index (χ1n) is 6.36. The van der Waals surface area contributed by atoms with Crippen molar-refractivity contribution in [2.45, 2.75) is 52.4 Å². The second kappa shape index (κ2) is 7.26. The first-order valence-corrected chi connectivity index (χ1v) is 6.36. The highest BCUT2D eigenvalue weighted by Gasteiger charge is 2.06. The smallest absolute Gasteiger partial charge is 0.137 e. The molecule has 0 saturated heterocycles. The molecule has 0 amide bonds. The zero-order valence-electron chi connectivity index (χ0n) is 10.7. The van der Waals surface area contributed by atoms with Crippen LogP contribution in [-0.2, 0) is 0 Å². The highest BCUT2D eigenvalue weighted by molar-refractivity contribution is 5.21. The summed E-state index contributed by atoms with van der Waals surface area (Å²) < 4.78 is 5.38. The third-order valence-corrected chi connectivity index (χ3v) is 2.82. The summed E-state index contributed by atoms with van der Waals surface area (Å²) in [7, 11) is 0. The molecule has 1 rings (SSSR count). The normalized spacial score (nSPS) is 12.4. The molecule has 1 heterocycles. The number of ether oxygens (including phenoxy) is 1. The lowest BCUT2D eigenvalue weighted by Gasteiger charge is -2.11. The Morgan fingerprint density at radius 3 is 2.62 bits per heavy atom. The van der Waals surface area contributed by atoms with E-state index in [9.17, 15) is 0 Å². The van der Waals surface area contributed by atoms with Gasteiger partial charge in [-0.25, -0.2) is 0 Å². The van der Waals surface area contributed by atoms with Crippen molar-refractivity contribution in [3.05, 3.63) is 24.0 Å². The van der Waals surface area contributed by atoms with E-state index < -0.39 is 0 Å². The summed E-state index contributed by atoms with van der Waals surface area (Å²) in [6, 6.07) is 4.10. The van der Waals surface area contributed by atoms with Gasteiger partial charge in [0.25, 0.3) is 0 Å². The van der Waals surface area contributed by atoms with Crippen LogP contribution in [0.2, 0.25) is 0 Å². The fourth-order valence-electron chi connectivity index (χ4n) is 1.78. The van der Waals surface area contributed by atoms with E-state index in [0.29, 0.717) is 12.5 Å². The Morgan fingerprint density at radius 2 is 2.06 bits per heavy atom. The van der Waals surface area contributed by atoms with Gasteiger partial charge in [-0.3, -0.25) is 4.98 Å². The van der Waals surface area contributed by atoms with E-state index in [1.54, 1.807) is 0 Å². The van der Waals surface area contributed by atoms with Crippen molar-refractivity contribution in [1.29, 1.82) is 0 Å². The molecule has 90 valence electrons. The van der Waals surface area contributed by atoms with Gasteiger partial charge in [0, 0.05) is 5.69 Å². The third-order valence-electron chi connectivity index (χ3n) is 2.82. The van der Waals surface area contributed by atoms with Crippen LogP contribution < -0.4 is 4.74 Å². The largest absolute Gasteiger partial charge is 0.492 e. The first-order chi connectivity index (χ1) is 7.77. The molecule has 0 bridgehead atoms. The number of hydrogen-bond acceptors (Lipinski definition) is 2. The SMILES string of the molecule is CCCCCC(C)c1ccc(OCC)cn1. The zero-order chi connectivity index (χ0) is 11.8. The van der Waals surface area contributed by atoms with Gasteiger partial charge in [-0.15, -0.1) is 0 Å². The molecule has 0 fully saturated rings. The molecule has 2 nitrogen and oxygen atoms in total. The van der Waals surface area contributed by atoms with Crippen molar-refractivity contribution in [2.75, 3.05) is 6.61 Å². The van der Waals surface area contributed by atoms with Crippen LogP contribution in [0.25, 0.3) is 0 Å². The van der Waals surface area contributed by atoms with Gasteiger partial charge in [0.05, 0.1) is 12.8 Å². The summed E-state index contributed by atoms with van der Waals surface area (Å²) in [5.41, 5.74) is 1.18. The van der Waals surface area contributed by atoms with E-state index in [-0.39, 0.29) is 0 Å².